The Morgan fingerprint density at radius 2 is 1.85 bits per heavy atom. The van der Waals surface area contributed by atoms with Crippen LogP contribution < -0.4 is 5.32 Å². The molecule has 4 atom stereocenters. The molecule has 20 heavy (non-hydrogen) atoms. The van der Waals surface area contributed by atoms with Crippen molar-refractivity contribution in [2.75, 3.05) is 6.26 Å². The number of sulfone groups is 1. The summed E-state index contributed by atoms with van der Waals surface area (Å²) in [5, 5.41) is 3.54. The van der Waals surface area contributed by atoms with Gasteiger partial charge in [-0.3, -0.25) is 0 Å². The molecule has 0 saturated heterocycles. The molecular formula is C16H23NO2S. The first-order valence-electron chi connectivity index (χ1n) is 7.54. The van der Waals surface area contributed by atoms with Crippen LogP contribution in [-0.4, -0.2) is 32.0 Å². The van der Waals surface area contributed by atoms with Crippen molar-refractivity contribution in [1.29, 1.82) is 0 Å². The lowest BCUT2D eigenvalue weighted by molar-refractivity contribution is 0.368. The molecule has 0 aliphatic heterocycles. The highest BCUT2D eigenvalue weighted by atomic mass is 32.2. The zero-order chi connectivity index (χ0) is 14.2. The van der Waals surface area contributed by atoms with E-state index in [0.717, 1.165) is 25.7 Å². The lowest BCUT2D eigenvalue weighted by Crippen LogP contribution is -2.40. The molecule has 0 bridgehead atoms. The maximum atomic E-state index is 11.7. The van der Waals surface area contributed by atoms with E-state index >= 15 is 0 Å². The Morgan fingerprint density at radius 3 is 2.55 bits per heavy atom. The van der Waals surface area contributed by atoms with Crippen molar-refractivity contribution in [1.82, 2.24) is 5.32 Å². The summed E-state index contributed by atoms with van der Waals surface area (Å²) in [5.41, 5.74) is 1.40. The van der Waals surface area contributed by atoms with Crippen LogP contribution >= 0.6 is 0 Å². The summed E-state index contributed by atoms with van der Waals surface area (Å²) >= 11 is 0. The minimum atomic E-state index is -2.88. The Morgan fingerprint density at radius 1 is 1.10 bits per heavy atom. The van der Waals surface area contributed by atoms with Gasteiger partial charge in [0.1, 0.15) is 9.84 Å². The van der Waals surface area contributed by atoms with Crippen molar-refractivity contribution < 1.29 is 8.42 Å². The molecule has 0 spiro atoms. The van der Waals surface area contributed by atoms with E-state index in [1.807, 2.05) is 6.07 Å². The van der Waals surface area contributed by atoms with Crippen molar-refractivity contribution in [2.24, 2.45) is 0 Å². The normalized spacial score (nSPS) is 33.9. The Labute approximate surface area is 121 Å². The van der Waals surface area contributed by atoms with Crippen molar-refractivity contribution in [3.8, 4) is 0 Å². The van der Waals surface area contributed by atoms with E-state index in [4.69, 9.17) is 0 Å². The number of benzene rings is 1. The Balaban J connectivity index is 1.55. The largest absolute Gasteiger partial charge is 0.311 e. The van der Waals surface area contributed by atoms with E-state index in [9.17, 15) is 8.42 Å². The average Bonchev–Trinajstić information content (AvgIpc) is 3.18. The first-order valence-corrected chi connectivity index (χ1v) is 9.49. The fourth-order valence-electron chi connectivity index (χ4n) is 3.44. The monoisotopic (exact) mass is 293 g/mol. The molecule has 4 heteroatoms. The molecule has 2 fully saturated rings. The molecule has 2 aliphatic carbocycles. The molecule has 1 aromatic rings. The third-order valence-electron chi connectivity index (χ3n) is 4.70. The van der Waals surface area contributed by atoms with Crippen LogP contribution in [0.5, 0.6) is 0 Å². The Bertz CT molecular complexity index is 555. The van der Waals surface area contributed by atoms with E-state index in [-0.39, 0.29) is 5.25 Å². The van der Waals surface area contributed by atoms with Crippen LogP contribution in [0.15, 0.2) is 30.3 Å². The SMILES string of the molecule is CS(=O)(=O)C1CCCC(NC2CC2c2ccccc2)C1. The van der Waals surface area contributed by atoms with Gasteiger partial charge in [0.05, 0.1) is 5.25 Å². The molecule has 2 saturated carbocycles. The first kappa shape index (κ1) is 14.1. The van der Waals surface area contributed by atoms with Gasteiger partial charge >= 0.3 is 0 Å². The molecule has 110 valence electrons. The van der Waals surface area contributed by atoms with Gasteiger partial charge in [-0.2, -0.15) is 0 Å². The number of rotatable bonds is 4. The average molecular weight is 293 g/mol. The summed E-state index contributed by atoms with van der Waals surface area (Å²) in [7, 11) is -2.88. The van der Waals surface area contributed by atoms with Crippen LogP contribution in [0.3, 0.4) is 0 Å². The van der Waals surface area contributed by atoms with Crippen LogP contribution in [0.2, 0.25) is 0 Å². The molecule has 1 N–H and O–H groups in total. The summed E-state index contributed by atoms with van der Waals surface area (Å²) in [4.78, 5) is 0. The second-order valence-corrected chi connectivity index (χ2v) is 8.67. The lowest BCUT2D eigenvalue weighted by atomic mass is 9.95. The van der Waals surface area contributed by atoms with Crippen LogP contribution in [0, 0.1) is 0 Å². The minimum Gasteiger partial charge on any atom is -0.311 e. The van der Waals surface area contributed by atoms with Gasteiger partial charge < -0.3 is 5.32 Å². The van der Waals surface area contributed by atoms with E-state index in [1.54, 1.807) is 0 Å². The van der Waals surface area contributed by atoms with Gasteiger partial charge in [0, 0.05) is 24.3 Å². The molecule has 1 aromatic carbocycles. The third kappa shape index (κ3) is 3.23. The van der Waals surface area contributed by atoms with Gasteiger partial charge in [-0.1, -0.05) is 36.8 Å². The molecule has 2 aliphatic rings. The summed E-state index contributed by atoms with van der Waals surface area (Å²) < 4.78 is 23.4. The van der Waals surface area contributed by atoms with Crippen molar-refractivity contribution in [2.45, 2.75) is 55.4 Å². The molecule has 0 heterocycles. The summed E-state index contributed by atoms with van der Waals surface area (Å²) in [6.07, 6.45) is 6.33. The van der Waals surface area contributed by atoms with Crippen LogP contribution in [0.4, 0.5) is 0 Å². The fourth-order valence-corrected chi connectivity index (χ4v) is 4.61. The number of hydrogen-bond acceptors (Lipinski definition) is 3. The van der Waals surface area contributed by atoms with E-state index < -0.39 is 9.84 Å². The number of hydrogen-bond donors (Lipinski definition) is 1. The van der Waals surface area contributed by atoms with Crippen molar-refractivity contribution in [3.63, 3.8) is 0 Å². The minimum absolute atomic E-state index is 0.136. The quantitative estimate of drug-likeness (QED) is 0.927. The molecular weight excluding hydrogens is 270 g/mol. The van der Waals surface area contributed by atoms with Gasteiger partial charge in [-0.25, -0.2) is 8.42 Å². The van der Waals surface area contributed by atoms with Gasteiger partial charge in [-0.05, 0) is 31.2 Å². The highest BCUT2D eigenvalue weighted by Gasteiger charge is 2.40. The van der Waals surface area contributed by atoms with Gasteiger partial charge in [0.15, 0.2) is 0 Å². The first-order chi connectivity index (χ1) is 9.54. The highest BCUT2D eigenvalue weighted by Crippen LogP contribution is 2.41. The molecule has 0 amide bonds. The summed E-state index contributed by atoms with van der Waals surface area (Å²) in [6.45, 7) is 0. The van der Waals surface area contributed by atoms with E-state index in [0.29, 0.717) is 18.0 Å². The summed E-state index contributed by atoms with van der Waals surface area (Å²) in [5.74, 6) is 0.620. The van der Waals surface area contributed by atoms with Gasteiger partial charge in [0.25, 0.3) is 0 Å². The van der Waals surface area contributed by atoms with Crippen LogP contribution in [-0.2, 0) is 9.84 Å². The van der Waals surface area contributed by atoms with Gasteiger partial charge in [-0.15, -0.1) is 0 Å². The third-order valence-corrected chi connectivity index (χ3v) is 6.34. The van der Waals surface area contributed by atoms with E-state index in [2.05, 4.69) is 29.6 Å². The second kappa shape index (κ2) is 5.49. The molecule has 0 radical (unpaired) electrons. The predicted molar refractivity (Wildman–Crippen MR) is 81.6 cm³/mol. The van der Waals surface area contributed by atoms with E-state index in [1.165, 1.54) is 18.2 Å². The Kier molecular flexibility index (Phi) is 3.87. The molecule has 0 aromatic heterocycles. The Hall–Kier alpha value is -0.870. The lowest BCUT2D eigenvalue weighted by Gasteiger charge is -2.29. The standard InChI is InChI=1S/C16H23NO2S/c1-20(18,19)14-9-5-8-13(10-14)17-16-11-15(16)12-6-3-2-4-7-12/h2-4,6-7,13-17H,5,8-11H2,1H3. The van der Waals surface area contributed by atoms with Crippen LogP contribution in [0.25, 0.3) is 0 Å². The molecule has 4 unspecified atom stereocenters. The van der Waals surface area contributed by atoms with Crippen molar-refractivity contribution in [3.05, 3.63) is 35.9 Å². The molecule has 3 rings (SSSR count). The second-order valence-electron chi connectivity index (χ2n) is 6.34. The fraction of sp³-hybridized carbons (Fsp3) is 0.625. The zero-order valence-corrected chi connectivity index (χ0v) is 12.8. The summed E-state index contributed by atoms with van der Waals surface area (Å²) in [6, 6.07) is 11.5. The van der Waals surface area contributed by atoms with Crippen molar-refractivity contribution >= 4 is 9.84 Å². The van der Waals surface area contributed by atoms with Crippen LogP contribution in [0.1, 0.15) is 43.6 Å². The smallest absolute Gasteiger partial charge is 0.150 e. The number of nitrogens with one attached hydrogen (secondary N) is 1. The maximum Gasteiger partial charge on any atom is 0.150 e. The maximum absolute atomic E-state index is 11.7. The highest BCUT2D eigenvalue weighted by molar-refractivity contribution is 7.91. The molecule has 3 nitrogen and oxygen atoms in total. The topological polar surface area (TPSA) is 46.2 Å². The predicted octanol–water partition coefficient (Wildman–Crippen LogP) is 2.49. The van der Waals surface area contributed by atoms with Gasteiger partial charge in [0.2, 0.25) is 0 Å². The zero-order valence-electron chi connectivity index (χ0n) is 12.0.